The predicted molar refractivity (Wildman–Crippen MR) is 48.8 cm³/mol. The first kappa shape index (κ1) is 10.2. The molecule has 6 heteroatoms. The van der Waals surface area contributed by atoms with Crippen molar-refractivity contribution in [2.75, 3.05) is 0 Å². The Morgan fingerprint density at radius 2 is 2.23 bits per heavy atom. The SMILES string of the molecule is NC(C(=O)O)c1ncc(Cl)cc1Cl. The molecule has 0 saturated carbocycles. The molecule has 0 fully saturated rings. The van der Waals surface area contributed by atoms with Gasteiger partial charge in [-0.2, -0.15) is 0 Å². The number of carboxylic acids is 1. The number of aliphatic carboxylic acids is 1. The lowest BCUT2D eigenvalue weighted by atomic mass is 10.2. The van der Waals surface area contributed by atoms with Gasteiger partial charge in [0.15, 0.2) is 0 Å². The number of pyridine rings is 1. The normalized spacial score (nSPS) is 12.5. The van der Waals surface area contributed by atoms with Gasteiger partial charge in [0.25, 0.3) is 0 Å². The van der Waals surface area contributed by atoms with Crippen molar-refractivity contribution in [2.24, 2.45) is 5.73 Å². The standard InChI is InChI=1S/C7H6Cl2N2O2/c8-3-1-4(9)6(11-2-3)5(10)7(12)13/h1-2,5H,10H2,(H,12,13). The minimum absolute atomic E-state index is 0.110. The maximum Gasteiger partial charge on any atom is 0.326 e. The Morgan fingerprint density at radius 1 is 1.62 bits per heavy atom. The fourth-order valence-electron chi connectivity index (χ4n) is 0.771. The summed E-state index contributed by atoms with van der Waals surface area (Å²) in [5.74, 6) is -1.18. The van der Waals surface area contributed by atoms with Crippen LogP contribution in [0.15, 0.2) is 12.3 Å². The summed E-state index contributed by atoms with van der Waals surface area (Å²) in [5.41, 5.74) is 5.41. The Kier molecular flexibility index (Phi) is 3.08. The van der Waals surface area contributed by atoms with Crippen molar-refractivity contribution >= 4 is 29.2 Å². The van der Waals surface area contributed by atoms with Crippen molar-refractivity contribution in [1.82, 2.24) is 4.98 Å². The molecular weight excluding hydrogens is 215 g/mol. The van der Waals surface area contributed by atoms with Gasteiger partial charge in [0.1, 0.15) is 6.04 Å². The van der Waals surface area contributed by atoms with E-state index in [0.29, 0.717) is 5.02 Å². The molecule has 0 spiro atoms. The summed E-state index contributed by atoms with van der Waals surface area (Å²) in [6.07, 6.45) is 1.30. The van der Waals surface area contributed by atoms with E-state index in [1.807, 2.05) is 0 Å². The molecule has 1 unspecified atom stereocenters. The molecule has 0 bridgehead atoms. The first-order valence-electron chi connectivity index (χ1n) is 3.31. The first-order chi connectivity index (χ1) is 6.02. The highest BCUT2D eigenvalue weighted by Crippen LogP contribution is 2.22. The number of aromatic nitrogens is 1. The molecule has 0 aliphatic rings. The van der Waals surface area contributed by atoms with E-state index < -0.39 is 12.0 Å². The quantitative estimate of drug-likeness (QED) is 0.792. The molecule has 0 amide bonds. The molecule has 1 heterocycles. The molecule has 0 radical (unpaired) electrons. The van der Waals surface area contributed by atoms with Crippen LogP contribution in [0.1, 0.15) is 11.7 Å². The number of carbonyl (C=O) groups is 1. The number of hydrogen-bond donors (Lipinski definition) is 2. The van der Waals surface area contributed by atoms with Gasteiger partial charge in [0, 0.05) is 6.20 Å². The van der Waals surface area contributed by atoms with Crippen LogP contribution in [0.3, 0.4) is 0 Å². The number of rotatable bonds is 2. The van der Waals surface area contributed by atoms with E-state index in [9.17, 15) is 4.79 Å². The van der Waals surface area contributed by atoms with Gasteiger partial charge < -0.3 is 10.8 Å². The summed E-state index contributed by atoms with van der Waals surface area (Å²) in [6, 6.07) is 0.179. The Bertz CT molecular complexity index is 343. The highest BCUT2D eigenvalue weighted by Gasteiger charge is 2.18. The van der Waals surface area contributed by atoms with Crippen LogP contribution in [-0.4, -0.2) is 16.1 Å². The monoisotopic (exact) mass is 220 g/mol. The highest BCUT2D eigenvalue weighted by molar-refractivity contribution is 6.34. The van der Waals surface area contributed by atoms with Gasteiger partial charge >= 0.3 is 5.97 Å². The van der Waals surface area contributed by atoms with E-state index in [1.165, 1.54) is 12.3 Å². The molecule has 1 aromatic heterocycles. The lowest BCUT2D eigenvalue weighted by Gasteiger charge is -2.07. The second-order valence-corrected chi connectivity index (χ2v) is 3.18. The second kappa shape index (κ2) is 3.91. The molecule has 1 rings (SSSR count). The Morgan fingerprint density at radius 3 is 2.69 bits per heavy atom. The van der Waals surface area contributed by atoms with Gasteiger partial charge in [-0.1, -0.05) is 23.2 Å². The smallest absolute Gasteiger partial charge is 0.326 e. The van der Waals surface area contributed by atoms with E-state index in [1.54, 1.807) is 0 Å². The fraction of sp³-hybridized carbons (Fsp3) is 0.143. The van der Waals surface area contributed by atoms with Gasteiger partial charge in [-0.05, 0) is 6.07 Å². The molecule has 13 heavy (non-hydrogen) atoms. The van der Waals surface area contributed by atoms with Crippen LogP contribution in [0.2, 0.25) is 10.0 Å². The topological polar surface area (TPSA) is 76.2 Å². The summed E-state index contributed by atoms with van der Waals surface area (Å²) in [4.78, 5) is 14.2. The number of carboxylic acid groups (broad SMARTS) is 1. The van der Waals surface area contributed by atoms with Crippen LogP contribution in [0.4, 0.5) is 0 Å². The maximum atomic E-state index is 10.5. The van der Waals surface area contributed by atoms with Crippen molar-refractivity contribution in [3.05, 3.63) is 28.0 Å². The van der Waals surface area contributed by atoms with Crippen LogP contribution in [0.25, 0.3) is 0 Å². The molecule has 0 aliphatic heterocycles. The largest absolute Gasteiger partial charge is 0.480 e. The summed E-state index contributed by atoms with van der Waals surface area (Å²) < 4.78 is 0. The van der Waals surface area contributed by atoms with Crippen LogP contribution >= 0.6 is 23.2 Å². The summed E-state index contributed by atoms with van der Waals surface area (Å²) >= 11 is 11.2. The number of hydrogen-bond acceptors (Lipinski definition) is 3. The lowest BCUT2D eigenvalue weighted by molar-refractivity contribution is -0.138. The average molecular weight is 221 g/mol. The maximum absolute atomic E-state index is 10.5. The van der Waals surface area contributed by atoms with Crippen molar-refractivity contribution in [1.29, 1.82) is 0 Å². The van der Waals surface area contributed by atoms with Gasteiger partial charge in [0.2, 0.25) is 0 Å². The van der Waals surface area contributed by atoms with E-state index in [2.05, 4.69) is 4.98 Å². The van der Waals surface area contributed by atoms with Crippen molar-refractivity contribution < 1.29 is 9.90 Å². The minimum atomic E-state index is -1.22. The molecule has 1 aromatic rings. The highest BCUT2D eigenvalue weighted by atomic mass is 35.5. The Labute approximate surface area is 84.3 Å². The minimum Gasteiger partial charge on any atom is -0.480 e. The first-order valence-corrected chi connectivity index (χ1v) is 4.07. The molecule has 70 valence electrons. The average Bonchev–Trinajstić information content (AvgIpc) is 2.03. The third kappa shape index (κ3) is 2.30. The zero-order chi connectivity index (χ0) is 10.0. The summed E-state index contributed by atoms with van der Waals surface area (Å²) in [5, 5.41) is 9.07. The van der Waals surface area contributed by atoms with Crippen LogP contribution in [0.5, 0.6) is 0 Å². The Balaban J connectivity index is 3.08. The molecule has 3 N–H and O–H groups in total. The molecular formula is C7H6Cl2N2O2. The van der Waals surface area contributed by atoms with Gasteiger partial charge in [-0.3, -0.25) is 9.78 Å². The van der Waals surface area contributed by atoms with E-state index in [0.717, 1.165) is 0 Å². The number of nitrogens with zero attached hydrogens (tertiary/aromatic N) is 1. The Hall–Kier alpha value is -0.840. The van der Waals surface area contributed by atoms with E-state index >= 15 is 0 Å². The molecule has 4 nitrogen and oxygen atoms in total. The van der Waals surface area contributed by atoms with Gasteiger partial charge in [0.05, 0.1) is 15.7 Å². The fourth-order valence-corrected chi connectivity index (χ4v) is 1.27. The van der Waals surface area contributed by atoms with Crippen LogP contribution in [0, 0.1) is 0 Å². The van der Waals surface area contributed by atoms with E-state index in [4.69, 9.17) is 34.0 Å². The summed E-state index contributed by atoms with van der Waals surface area (Å²) in [6.45, 7) is 0. The van der Waals surface area contributed by atoms with E-state index in [-0.39, 0.29) is 10.7 Å². The van der Waals surface area contributed by atoms with Gasteiger partial charge in [-0.25, -0.2) is 0 Å². The van der Waals surface area contributed by atoms with Crippen LogP contribution in [-0.2, 0) is 4.79 Å². The zero-order valence-electron chi connectivity index (χ0n) is 6.37. The summed E-state index contributed by atoms with van der Waals surface area (Å²) in [7, 11) is 0. The molecule has 0 aliphatic carbocycles. The number of halogens is 2. The number of nitrogens with two attached hydrogens (primary N) is 1. The molecule has 1 atom stereocenters. The zero-order valence-corrected chi connectivity index (χ0v) is 7.88. The third-order valence-electron chi connectivity index (χ3n) is 1.40. The van der Waals surface area contributed by atoms with Crippen LogP contribution < -0.4 is 5.73 Å². The molecule has 0 saturated heterocycles. The van der Waals surface area contributed by atoms with Crippen molar-refractivity contribution in [2.45, 2.75) is 6.04 Å². The van der Waals surface area contributed by atoms with Crippen molar-refractivity contribution in [3.63, 3.8) is 0 Å². The predicted octanol–water partition coefficient (Wildman–Crippen LogP) is 1.47. The second-order valence-electron chi connectivity index (χ2n) is 2.34. The molecule has 0 aromatic carbocycles. The lowest BCUT2D eigenvalue weighted by Crippen LogP contribution is -2.22. The third-order valence-corrected chi connectivity index (χ3v) is 1.91. The van der Waals surface area contributed by atoms with Gasteiger partial charge in [-0.15, -0.1) is 0 Å². The van der Waals surface area contributed by atoms with Crippen molar-refractivity contribution in [3.8, 4) is 0 Å².